The molecule has 1 aromatic carbocycles. The molecule has 0 radical (unpaired) electrons. The maximum atomic E-state index is 10.4. The Kier molecular flexibility index (Phi) is 9.15. The van der Waals surface area contributed by atoms with Gasteiger partial charge in [-0.2, -0.15) is 0 Å². The van der Waals surface area contributed by atoms with Crippen LogP contribution in [-0.4, -0.2) is 17.0 Å². The molecule has 1 rings (SSSR count). The van der Waals surface area contributed by atoms with Gasteiger partial charge in [-0.3, -0.25) is 0 Å². The van der Waals surface area contributed by atoms with Gasteiger partial charge in [0.1, 0.15) is 0 Å². The second kappa shape index (κ2) is 9.55. The van der Waals surface area contributed by atoms with Crippen LogP contribution in [0.1, 0.15) is 36.5 Å². The molecule has 0 spiro atoms. The second-order valence-corrected chi connectivity index (χ2v) is 4.08. The number of alkyl halides is 1. The van der Waals surface area contributed by atoms with Crippen molar-refractivity contribution in [3.8, 4) is 0 Å². The molecule has 90 valence electrons. The molecule has 4 heteroatoms. The fourth-order valence-electron chi connectivity index (χ4n) is 0.999. The molecule has 0 aliphatic rings. The van der Waals surface area contributed by atoms with Crippen LogP contribution < -0.4 is 0 Å². The molecule has 0 amide bonds. The minimum atomic E-state index is -0.939. The van der Waals surface area contributed by atoms with Gasteiger partial charge in [-0.15, -0.1) is 24.2 Å². The van der Waals surface area contributed by atoms with E-state index in [9.17, 15) is 4.79 Å². The molecular formula is C12H17ClO2S. The van der Waals surface area contributed by atoms with E-state index in [0.29, 0.717) is 4.90 Å². The molecule has 1 N–H and O–H groups in total. The molecule has 0 aromatic heterocycles. The van der Waals surface area contributed by atoms with E-state index in [-0.39, 0.29) is 5.56 Å². The van der Waals surface area contributed by atoms with E-state index >= 15 is 0 Å². The Balaban J connectivity index is 0.000000325. The number of aromatic carboxylic acids is 1. The lowest BCUT2D eigenvalue weighted by molar-refractivity contribution is 0.0693. The van der Waals surface area contributed by atoms with Gasteiger partial charge in [-0.25, -0.2) is 4.79 Å². The number of hydrogen-bond acceptors (Lipinski definition) is 2. The number of carboxylic acid groups (broad SMARTS) is 1. The third-order valence-corrected chi connectivity index (χ3v) is 2.53. The van der Waals surface area contributed by atoms with Crippen molar-refractivity contribution in [1.82, 2.24) is 0 Å². The van der Waals surface area contributed by atoms with Crippen LogP contribution in [0.15, 0.2) is 29.2 Å². The summed E-state index contributed by atoms with van der Waals surface area (Å²) in [6, 6.07) is 6.58. The Morgan fingerprint density at radius 3 is 2.31 bits per heavy atom. The van der Waals surface area contributed by atoms with E-state index in [1.165, 1.54) is 25.3 Å². The van der Waals surface area contributed by atoms with E-state index in [2.05, 4.69) is 19.6 Å². The molecule has 0 aliphatic heterocycles. The normalized spacial score (nSPS) is 9.19. The maximum Gasteiger partial charge on any atom is 0.336 e. The molecule has 1 aromatic rings. The first-order valence-electron chi connectivity index (χ1n) is 5.20. The molecule has 0 atom stereocenters. The number of hydrogen-bond donors (Lipinski definition) is 2. The van der Waals surface area contributed by atoms with Crippen molar-refractivity contribution in [2.75, 3.05) is 5.88 Å². The monoisotopic (exact) mass is 260 g/mol. The topological polar surface area (TPSA) is 37.3 Å². The van der Waals surface area contributed by atoms with Gasteiger partial charge in [0, 0.05) is 10.8 Å². The van der Waals surface area contributed by atoms with Gasteiger partial charge in [0.15, 0.2) is 0 Å². The molecule has 0 bridgehead atoms. The molecule has 0 unspecified atom stereocenters. The number of rotatable bonds is 4. The SMILES string of the molecule is CCCCCCl.O=C(O)c1ccccc1S. The first-order chi connectivity index (χ1) is 7.63. The number of benzene rings is 1. The number of thiol groups is 1. The molecule has 0 aliphatic carbocycles. The average molecular weight is 261 g/mol. The van der Waals surface area contributed by atoms with Crippen LogP contribution in [0.3, 0.4) is 0 Å². The molecule has 0 heterocycles. The molecule has 16 heavy (non-hydrogen) atoms. The Morgan fingerprint density at radius 2 is 2.00 bits per heavy atom. The van der Waals surface area contributed by atoms with Crippen molar-refractivity contribution >= 4 is 30.2 Å². The van der Waals surface area contributed by atoms with Crippen LogP contribution in [0, 0.1) is 0 Å². The summed E-state index contributed by atoms with van der Waals surface area (Å²) in [6.45, 7) is 2.17. The van der Waals surface area contributed by atoms with Gasteiger partial charge < -0.3 is 5.11 Å². The van der Waals surface area contributed by atoms with Crippen molar-refractivity contribution < 1.29 is 9.90 Å². The smallest absolute Gasteiger partial charge is 0.336 e. The number of carboxylic acids is 1. The first-order valence-corrected chi connectivity index (χ1v) is 6.18. The van der Waals surface area contributed by atoms with Gasteiger partial charge in [0.05, 0.1) is 5.56 Å². The second-order valence-electron chi connectivity index (χ2n) is 3.22. The average Bonchev–Trinajstić information content (AvgIpc) is 2.27. The summed E-state index contributed by atoms with van der Waals surface area (Å²) in [4.78, 5) is 10.9. The van der Waals surface area contributed by atoms with Crippen LogP contribution in [0.5, 0.6) is 0 Å². The zero-order valence-corrected chi connectivity index (χ0v) is 11.0. The highest BCUT2D eigenvalue weighted by atomic mass is 35.5. The fourth-order valence-corrected chi connectivity index (χ4v) is 1.44. The molecule has 2 nitrogen and oxygen atoms in total. The zero-order chi connectivity index (χ0) is 12.4. The summed E-state index contributed by atoms with van der Waals surface area (Å²) in [6.07, 6.45) is 3.73. The lowest BCUT2D eigenvalue weighted by Gasteiger charge is -1.95. The maximum absolute atomic E-state index is 10.4. The predicted octanol–water partition coefficient (Wildman–Crippen LogP) is 4.09. The van der Waals surface area contributed by atoms with Crippen LogP contribution in [-0.2, 0) is 0 Å². The minimum Gasteiger partial charge on any atom is -0.478 e. The Labute approximate surface area is 107 Å². The van der Waals surface area contributed by atoms with Gasteiger partial charge in [0.2, 0.25) is 0 Å². The first kappa shape index (κ1) is 15.3. The van der Waals surface area contributed by atoms with Crippen molar-refractivity contribution in [2.45, 2.75) is 31.1 Å². The third-order valence-electron chi connectivity index (χ3n) is 1.87. The highest BCUT2D eigenvalue weighted by Gasteiger charge is 2.03. The summed E-state index contributed by atoms with van der Waals surface area (Å²) >= 11 is 9.34. The largest absolute Gasteiger partial charge is 0.478 e. The van der Waals surface area contributed by atoms with Gasteiger partial charge in [0.25, 0.3) is 0 Å². The Bertz CT molecular complexity index is 312. The van der Waals surface area contributed by atoms with Crippen LogP contribution in [0.25, 0.3) is 0 Å². The summed E-state index contributed by atoms with van der Waals surface area (Å²) in [7, 11) is 0. The van der Waals surface area contributed by atoms with Crippen LogP contribution >= 0.6 is 24.2 Å². The number of carbonyl (C=O) groups is 1. The van der Waals surface area contributed by atoms with Crippen molar-refractivity contribution in [3.05, 3.63) is 29.8 Å². The quantitative estimate of drug-likeness (QED) is 0.486. The van der Waals surface area contributed by atoms with E-state index in [0.717, 1.165) is 5.88 Å². The van der Waals surface area contributed by atoms with Crippen LogP contribution in [0.4, 0.5) is 0 Å². The standard InChI is InChI=1S/C7H6O2S.C5H11Cl/c8-7(9)5-3-1-2-4-6(5)10;1-2-3-4-5-6/h1-4,10H,(H,8,9);2-5H2,1H3. The fraction of sp³-hybridized carbons (Fsp3) is 0.417. The molecule has 0 fully saturated rings. The van der Waals surface area contributed by atoms with Crippen molar-refractivity contribution in [3.63, 3.8) is 0 Å². The Hall–Kier alpha value is -0.670. The lowest BCUT2D eigenvalue weighted by Crippen LogP contribution is -1.96. The zero-order valence-electron chi connectivity index (χ0n) is 9.32. The Morgan fingerprint density at radius 1 is 1.38 bits per heavy atom. The number of unbranched alkanes of at least 4 members (excludes halogenated alkanes) is 2. The highest BCUT2D eigenvalue weighted by Crippen LogP contribution is 2.11. The van der Waals surface area contributed by atoms with E-state index < -0.39 is 5.97 Å². The van der Waals surface area contributed by atoms with E-state index in [4.69, 9.17) is 16.7 Å². The van der Waals surface area contributed by atoms with Crippen molar-refractivity contribution in [2.24, 2.45) is 0 Å². The lowest BCUT2D eigenvalue weighted by atomic mass is 10.2. The van der Waals surface area contributed by atoms with Gasteiger partial charge >= 0.3 is 5.97 Å². The van der Waals surface area contributed by atoms with Gasteiger partial charge in [-0.1, -0.05) is 31.9 Å². The minimum absolute atomic E-state index is 0.242. The summed E-state index contributed by atoms with van der Waals surface area (Å²) in [5.41, 5.74) is 0.242. The van der Waals surface area contributed by atoms with E-state index in [1.807, 2.05) is 0 Å². The molecule has 0 saturated carbocycles. The summed E-state index contributed by atoms with van der Waals surface area (Å²) in [5, 5.41) is 8.52. The highest BCUT2D eigenvalue weighted by molar-refractivity contribution is 7.80. The number of halogens is 1. The summed E-state index contributed by atoms with van der Waals surface area (Å²) < 4.78 is 0. The third kappa shape index (κ3) is 6.75. The van der Waals surface area contributed by atoms with Crippen molar-refractivity contribution in [1.29, 1.82) is 0 Å². The van der Waals surface area contributed by atoms with Crippen LogP contribution in [0.2, 0.25) is 0 Å². The predicted molar refractivity (Wildman–Crippen MR) is 70.9 cm³/mol. The summed E-state index contributed by atoms with van der Waals surface area (Å²) in [5.74, 6) is -0.112. The van der Waals surface area contributed by atoms with Gasteiger partial charge in [-0.05, 0) is 18.6 Å². The van der Waals surface area contributed by atoms with E-state index in [1.54, 1.807) is 18.2 Å². The molecular weight excluding hydrogens is 244 g/mol. The molecule has 0 saturated heterocycles.